The molecule has 6 nitrogen and oxygen atoms in total. The van der Waals surface area contributed by atoms with E-state index in [0.717, 1.165) is 12.3 Å². The third-order valence-electron chi connectivity index (χ3n) is 5.66. The van der Waals surface area contributed by atoms with Crippen molar-refractivity contribution in [3.8, 4) is 11.3 Å². The molecule has 2 aromatic heterocycles. The van der Waals surface area contributed by atoms with Crippen LogP contribution in [0, 0.1) is 6.92 Å². The van der Waals surface area contributed by atoms with Crippen molar-refractivity contribution in [1.82, 2.24) is 9.55 Å². The van der Waals surface area contributed by atoms with Crippen LogP contribution in [0.2, 0.25) is 0 Å². The Balaban J connectivity index is 1.78. The van der Waals surface area contributed by atoms with Gasteiger partial charge in [-0.3, -0.25) is 9.78 Å². The summed E-state index contributed by atoms with van der Waals surface area (Å²) in [6.45, 7) is 1.75. The second kappa shape index (κ2) is 9.62. The molecule has 0 spiro atoms. The standard InChI is InChI=1S/C26H22F3N3O3S/c1-17-22(25(33)31-18-10-12-20(13-11-18)36(2,34)35)16-32(15-19-7-5-6-14-30-19)24(17)21-8-3-4-9-23(21)26(27,28)29/h3-14,16H,15H2,1-2H3,(H,31,33). The number of alkyl halides is 3. The molecule has 0 fully saturated rings. The zero-order valence-corrected chi connectivity index (χ0v) is 20.2. The van der Waals surface area contributed by atoms with Gasteiger partial charge in [-0.25, -0.2) is 8.42 Å². The minimum atomic E-state index is -4.59. The molecule has 0 radical (unpaired) electrons. The fraction of sp³-hybridized carbons (Fsp3) is 0.154. The molecule has 1 N–H and O–H groups in total. The van der Waals surface area contributed by atoms with Crippen LogP contribution in [0.15, 0.2) is 84.0 Å². The topological polar surface area (TPSA) is 81.1 Å². The molecule has 0 unspecified atom stereocenters. The number of benzene rings is 2. The highest BCUT2D eigenvalue weighted by Gasteiger charge is 2.35. The van der Waals surface area contributed by atoms with Crippen molar-refractivity contribution in [3.63, 3.8) is 0 Å². The highest BCUT2D eigenvalue weighted by molar-refractivity contribution is 7.90. The van der Waals surface area contributed by atoms with Crippen molar-refractivity contribution in [2.75, 3.05) is 11.6 Å². The first kappa shape index (κ1) is 25.2. The van der Waals surface area contributed by atoms with Crippen molar-refractivity contribution in [1.29, 1.82) is 0 Å². The van der Waals surface area contributed by atoms with Crippen molar-refractivity contribution in [3.05, 3.63) is 102 Å². The van der Waals surface area contributed by atoms with Crippen LogP contribution in [0.4, 0.5) is 18.9 Å². The predicted octanol–water partition coefficient (Wildman–Crippen LogP) is 5.58. The fourth-order valence-electron chi connectivity index (χ4n) is 3.96. The summed E-state index contributed by atoms with van der Waals surface area (Å²) < 4.78 is 66.5. The van der Waals surface area contributed by atoms with E-state index >= 15 is 0 Å². The summed E-state index contributed by atoms with van der Waals surface area (Å²) in [5.74, 6) is -0.537. The van der Waals surface area contributed by atoms with Gasteiger partial charge in [-0.2, -0.15) is 13.2 Å². The number of halogens is 3. The Labute approximate surface area is 206 Å². The van der Waals surface area contributed by atoms with Gasteiger partial charge in [-0.05, 0) is 55.0 Å². The fourth-order valence-corrected chi connectivity index (χ4v) is 4.59. The number of rotatable bonds is 6. The summed E-state index contributed by atoms with van der Waals surface area (Å²) in [4.78, 5) is 17.5. The average Bonchev–Trinajstić information content (AvgIpc) is 3.14. The summed E-state index contributed by atoms with van der Waals surface area (Å²) in [7, 11) is -3.40. The molecule has 0 aliphatic rings. The van der Waals surface area contributed by atoms with E-state index in [1.165, 1.54) is 48.7 Å². The Morgan fingerprint density at radius 1 is 1.00 bits per heavy atom. The Bertz CT molecular complexity index is 1510. The summed E-state index contributed by atoms with van der Waals surface area (Å²) in [5, 5.41) is 2.69. The van der Waals surface area contributed by atoms with E-state index in [-0.39, 0.29) is 28.3 Å². The lowest BCUT2D eigenvalue weighted by atomic mass is 10.00. The lowest BCUT2D eigenvalue weighted by molar-refractivity contribution is -0.137. The minimum absolute atomic E-state index is 0.0463. The van der Waals surface area contributed by atoms with Gasteiger partial charge >= 0.3 is 6.18 Å². The molecule has 0 saturated heterocycles. The number of hydrogen-bond acceptors (Lipinski definition) is 4. The van der Waals surface area contributed by atoms with Gasteiger partial charge in [0.15, 0.2) is 9.84 Å². The van der Waals surface area contributed by atoms with Gasteiger partial charge in [0.25, 0.3) is 5.91 Å². The van der Waals surface area contributed by atoms with Crippen molar-refractivity contribution in [2.45, 2.75) is 24.5 Å². The predicted molar refractivity (Wildman–Crippen MR) is 130 cm³/mol. The van der Waals surface area contributed by atoms with Crippen LogP contribution in [0.1, 0.15) is 27.2 Å². The van der Waals surface area contributed by atoms with Crippen molar-refractivity contribution < 1.29 is 26.4 Å². The second-order valence-corrected chi connectivity index (χ2v) is 10.3. The molecule has 4 aromatic rings. The van der Waals surface area contributed by atoms with Crippen LogP contribution in [0.3, 0.4) is 0 Å². The molecule has 0 saturated carbocycles. The number of anilines is 1. The first-order valence-electron chi connectivity index (χ1n) is 10.8. The normalized spacial score (nSPS) is 11.9. The molecule has 1 amide bonds. The number of carbonyl (C=O) groups is 1. The molecule has 4 rings (SSSR count). The Hall–Kier alpha value is -3.92. The molecule has 0 bridgehead atoms. The quantitative estimate of drug-likeness (QED) is 0.365. The molecular formula is C26H22F3N3O3S. The van der Waals surface area contributed by atoms with E-state index in [9.17, 15) is 26.4 Å². The van der Waals surface area contributed by atoms with Crippen molar-refractivity contribution >= 4 is 21.4 Å². The van der Waals surface area contributed by atoms with E-state index in [1.807, 2.05) is 0 Å². The maximum Gasteiger partial charge on any atom is 0.417 e. The van der Waals surface area contributed by atoms with Crippen LogP contribution in [-0.2, 0) is 22.6 Å². The molecule has 10 heteroatoms. The maximum atomic E-state index is 13.8. The van der Waals surface area contributed by atoms with E-state index in [4.69, 9.17) is 0 Å². The number of nitrogens with one attached hydrogen (secondary N) is 1. The molecule has 0 aliphatic heterocycles. The Morgan fingerprint density at radius 2 is 1.67 bits per heavy atom. The monoisotopic (exact) mass is 513 g/mol. The van der Waals surface area contributed by atoms with Gasteiger partial charge in [-0.1, -0.05) is 24.3 Å². The summed E-state index contributed by atoms with van der Waals surface area (Å²) in [6.07, 6.45) is -0.420. The molecule has 0 aliphatic carbocycles. The van der Waals surface area contributed by atoms with Crippen LogP contribution < -0.4 is 5.32 Å². The lowest BCUT2D eigenvalue weighted by Crippen LogP contribution is -2.12. The number of pyridine rings is 1. The summed E-state index contributed by atoms with van der Waals surface area (Å²) in [5.41, 5.74) is 0.916. The van der Waals surface area contributed by atoms with Gasteiger partial charge in [0.05, 0.1) is 34.0 Å². The molecule has 2 aromatic carbocycles. The van der Waals surface area contributed by atoms with Gasteiger partial charge in [0, 0.05) is 29.9 Å². The molecule has 186 valence electrons. The lowest BCUT2D eigenvalue weighted by Gasteiger charge is -2.16. The largest absolute Gasteiger partial charge is 0.417 e. The van der Waals surface area contributed by atoms with Crippen LogP contribution in [0.5, 0.6) is 0 Å². The number of sulfone groups is 1. The smallest absolute Gasteiger partial charge is 0.340 e. The van der Waals surface area contributed by atoms with E-state index in [0.29, 0.717) is 16.9 Å². The second-order valence-electron chi connectivity index (χ2n) is 8.26. The third kappa shape index (κ3) is 5.33. The minimum Gasteiger partial charge on any atom is -0.340 e. The summed E-state index contributed by atoms with van der Waals surface area (Å²) in [6, 6.07) is 16.1. The highest BCUT2D eigenvalue weighted by Crippen LogP contribution is 2.39. The van der Waals surface area contributed by atoms with E-state index in [2.05, 4.69) is 10.3 Å². The van der Waals surface area contributed by atoms with E-state index in [1.54, 1.807) is 35.9 Å². The highest BCUT2D eigenvalue weighted by atomic mass is 32.2. The first-order chi connectivity index (χ1) is 16.9. The van der Waals surface area contributed by atoms with Gasteiger partial charge < -0.3 is 9.88 Å². The summed E-state index contributed by atoms with van der Waals surface area (Å²) >= 11 is 0. The zero-order chi connectivity index (χ0) is 26.1. The molecule has 36 heavy (non-hydrogen) atoms. The molecule has 0 atom stereocenters. The Kier molecular flexibility index (Phi) is 6.73. The molecule has 2 heterocycles. The number of nitrogens with zero attached hydrogens (tertiary/aromatic N) is 2. The first-order valence-corrected chi connectivity index (χ1v) is 12.7. The number of hydrogen-bond donors (Lipinski definition) is 1. The zero-order valence-electron chi connectivity index (χ0n) is 19.4. The molecular weight excluding hydrogens is 491 g/mol. The average molecular weight is 514 g/mol. The van der Waals surface area contributed by atoms with E-state index < -0.39 is 27.5 Å². The van der Waals surface area contributed by atoms with Crippen LogP contribution in [-0.4, -0.2) is 30.1 Å². The number of amides is 1. The van der Waals surface area contributed by atoms with Crippen LogP contribution >= 0.6 is 0 Å². The van der Waals surface area contributed by atoms with Gasteiger partial charge in [-0.15, -0.1) is 0 Å². The maximum absolute atomic E-state index is 13.8. The van der Waals surface area contributed by atoms with Crippen molar-refractivity contribution in [2.24, 2.45) is 0 Å². The van der Waals surface area contributed by atoms with Gasteiger partial charge in [0.2, 0.25) is 0 Å². The number of aromatic nitrogens is 2. The Morgan fingerprint density at radius 3 is 2.28 bits per heavy atom. The van der Waals surface area contributed by atoms with Crippen LogP contribution in [0.25, 0.3) is 11.3 Å². The number of carbonyl (C=O) groups excluding carboxylic acids is 1. The third-order valence-corrected chi connectivity index (χ3v) is 6.79. The van der Waals surface area contributed by atoms with Gasteiger partial charge in [0.1, 0.15) is 0 Å². The SMILES string of the molecule is Cc1c(C(=O)Nc2ccc(S(C)(=O)=O)cc2)cn(Cc2ccccn2)c1-c1ccccc1C(F)(F)F.